The van der Waals surface area contributed by atoms with E-state index >= 15 is 0 Å². The Kier molecular flexibility index (Phi) is 7.41. The zero-order chi connectivity index (χ0) is 22.0. The molecule has 28 heavy (non-hydrogen) atoms. The van der Waals surface area contributed by atoms with Gasteiger partial charge in [0.2, 0.25) is 0 Å². The van der Waals surface area contributed by atoms with Crippen molar-refractivity contribution in [1.82, 2.24) is 0 Å². The summed E-state index contributed by atoms with van der Waals surface area (Å²) in [7, 11) is 0. The first-order valence-electron chi connectivity index (χ1n) is 8.77. The summed E-state index contributed by atoms with van der Waals surface area (Å²) in [5.74, 6) is -7.40. The number of alkyl halides is 4. The topological polar surface area (TPSA) is 69.7 Å². The minimum atomic E-state index is -2.66. The van der Waals surface area contributed by atoms with Gasteiger partial charge in [-0.25, -0.2) is 17.6 Å². The number of halogens is 4. The summed E-state index contributed by atoms with van der Waals surface area (Å²) in [6.07, 6.45) is -9.54. The molecule has 1 saturated carbocycles. The second-order valence-electron chi connectivity index (χ2n) is 8.11. The maximum Gasteiger partial charge on any atom is 0.323 e. The first-order valence-corrected chi connectivity index (χ1v) is 8.77. The molecule has 0 aliphatic heterocycles. The number of Topliss-reactive ketones (excluding diaryl/α,β-unsaturated/α-hetero) is 1. The third-order valence-corrected chi connectivity index (χ3v) is 4.70. The molecule has 0 radical (unpaired) electrons. The van der Waals surface area contributed by atoms with Gasteiger partial charge in [-0.3, -0.25) is 14.4 Å². The molecule has 0 bridgehead atoms. The SMILES string of the molecule is C=CC1C(F)C(F)C(C(=O)OCC(C)(C(C)=O)C(=O)OC(C)(C)C)C(F)C1F. The number of carbonyl (C=O) groups is 3. The van der Waals surface area contributed by atoms with Crippen molar-refractivity contribution in [3.05, 3.63) is 12.7 Å². The summed E-state index contributed by atoms with van der Waals surface area (Å²) in [6.45, 7) is 9.12. The molecule has 1 aliphatic rings. The predicted molar refractivity (Wildman–Crippen MR) is 92.4 cm³/mol. The van der Waals surface area contributed by atoms with E-state index < -0.39 is 71.9 Å². The van der Waals surface area contributed by atoms with E-state index in [2.05, 4.69) is 6.58 Å². The monoisotopic (exact) mass is 410 g/mol. The molecule has 160 valence electrons. The Morgan fingerprint density at radius 3 is 1.79 bits per heavy atom. The molecule has 0 amide bonds. The van der Waals surface area contributed by atoms with Crippen molar-refractivity contribution in [2.45, 2.75) is 64.9 Å². The van der Waals surface area contributed by atoms with Crippen LogP contribution in [0, 0.1) is 17.3 Å². The average molecular weight is 410 g/mol. The van der Waals surface area contributed by atoms with E-state index in [0.29, 0.717) is 0 Å². The first kappa shape index (κ1) is 24.1. The van der Waals surface area contributed by atoms with E-state index in [9.17, 15) is 31.9 Å². The predicted octanol–water partition coefficient (Wildman–Crippen LogP) is 3.25. The van der Waals surface area contributed by atoms with Gasteiger partial charge < -0.3 is 9.47 Å². The fraction of sp³-hybridized carbons (Fsp3) is 0.737. The molecule has 0 aromatic heterocycles. The maximum absolute atomic E-state index is 14.2. The lowest BCUT2D eigenvalue weighted by atomic mass is 9.76. The van der Waals surface area contributed by atoms with Crippen LogP contribution in [0.4, 0.5) is 17.6 Å². The molecule has 0 heterocycles. The molecule has 0 aromatic rings. The maximum atomic E-state index is 14.2. The van der Waals surface area contributed by atoms with Gasteiger partial charge in [0.15, 0.2) is 5.41 Å². The van der Waals surface area contributed by atoms with Gasteiger partial charge in [-0.1, -0.05) is 6.08 Å². The van der Waals surface area contributed by atoms with Crippen molar-refractivity contribution >= 4 is 17.7 Å². The molecule has 0 spiro atoms. The molecular weight excluding hydrogens is 384 g/mol. The quantitative estimate of drug-likeness (QED) is 0.291. The molecule has 5 unspecified atom stereocenters. The summed E-state index contributed by atoms with van der Waals surface area (Å²) < 4.78 is 66.3. The highest BCUT2D eigenvalue weighted by Gasteiger charge is 2.56. The van der Waals surface area contributed by atoms with Crippen LogP contribution in [0.15, 0.2) is 12.7 Å². The molecule has 0 N–H and O–H groups in total. The number of esters is 2. The van der Waals surface area contributed by atoms with Gasteiger partial charge in [0, 0.05) is 5.92 Å². The third-order valence-electron chi connectivity index (χ3n) is 4.70. The second kappa shape index (κ2) is 8.61. The first-order chi connectivity index (χ1) is 12.7. The molecule has 1 aliphatic carbocycles. The highest BCUT2D eigenvalue weighted by atomic mass is 19.2. The highest BCUT2D eigenvalue weighted by molar-refractivity contribution is 6.02. The Morgan fingerprint density at radius 2 is 1.43 bits per heavy atom. The van der Waals surface area contributed by atoms with Crippen molar-refractivity contribution < 1.29 is 41.4 Å². The minimum Gasteiger partial charge on any atom is -0.464 e. The Morgan fingerprint density at radius 1 is 0.964 bits per heavy atom. The lowest BCUT2D eigenvalue weighted by molar-refractivity contribution is -0.178. The van der Waals surface area contributed by atoms with E-state index in [-0.39, 0.29) is 0 Å². The Hall–Kier alpha value is -1.93. The van der Waals surface area contributed by atoms with Crippen LogP contribution in [0.1, 0.15) is 34.6 Å². The number of allylic oxidation sites excluding steroid dienone is 1. The van der Waals surface area contributed by atoms with Crippen LogP contribution in [0.25, 0.3) is 0 Å². The lowest BCUT2D eigenvalue weighted by Gasteiger charge is -2.37. The van der Waals surface area contributed by atoms with Gasteiger partial charge in [-0.15, -0.1) is 6.58 Å². The molecule has 1 rings (SSSR count). The fourth-order valence-electron chi connectivity index (χ4n) is 2.70. The van der Waals surface area contributed by atoms with Crippen LogP contribution in [0.3, 0.4) is 0 Å². The normalized spacial score (nSPS) is 32.8. The molecule has 9 heteroatoms. The zero-order valence-electron chi connectivity index (χ0n) is 16.5. The van der Waals surface area contributed by atoms with Crippen LogP contribution in [0.5, 0.6) is 0 Å². The number of rotatable bonds is 6. The van der Waals surface area contributed by atoms with Crippen LogP contribution in [0.2, 0.25) is 0 Å². The van der Waals surface area contributed by atoms with Gasteiger partial charge in [-0.05, 0) is 34.6 Å². The number of hydrogen-bond acceptors (Lipinski definition) is 5. The smallest absolute Gasteiger partial charge is 0.323 e. The van der Waals surface area contributed by atoms with Crippen LogP contribution in [-0.2, 0) is 23.9 Å². The summed E-state index contributed by atoms with van der Waals surface area (Å²) >= 11 is 0. The zero-order valence-corrected chi connectivity index (χ0v) is 16.5. The van der Waals surface area contributed by atoms with Crippen molar-refractivity contribution in [2.24, 2.45) is 17.3 Å². The second-order valence-corrected chi connectivity index (χ2v) is 8.11. The number of ether oxygens (including phenoxy) is 2. The lowest BCUT2D eigenvalue weighted by Crippen LogP contribution is -2.55. The van der Waals surface area contributed by atoms with E-state index in [4.69, 9.17) is 9.47 Å². The highest BCUT2D eigenvalue weighted by Crippen LogP contribution is 2.39. The van der Waals surface area contributed by atoms with Crippen LogP contribution in [-0.4, -0.2) is 54.6 Å². The number of hydrogen-bond donors (Lipinski definition) is 0. The number of carbonyl (C=O) groups excluding carboxylic acids is 3. The Balaban J connectivity index is 2.97. The summed E-state index contributed by atoms with van der Waals surface area (Å²) in [6, 6.07) is 0. The van der Waals surface area contributed by atoms with Crippen LogP contribution >= 0.6 is 0 Å². The van der Waals surface area contributed by atoms with Gasteiger partial charge in [0.1, 0.15) is 48.6 Å². The largest absolute Gasteiger partial charge is 0.464 e. The molecule has 1 fully saturated rings. The Bertz CT molecular complexity index is 616. The van der Waals surface area contributed by atoms with E-state index in [1.165, 1.54) is 0 Å². The van der Waals surface area contributed by atoms with Crippen molar-refractivity contribution in [3.8, 4) is 0 Å². The fourth-order valence-corrected chi connectivity index (χ4v) is 2.70. The van der Waals surface area contributed by atoms with Gasteiger partial charge in [0.05, 0.1) is 0 Å². The van der Waals surface area contributed by atoms with Crippen molar-refractivity contribution in [2.75, 3.05) is 6.61 Å². The van der Waals surface area contributed by atoms with E-state index in [1.54, 1.807) is 20.8 Å². The van der Waals surface area contributed by atoms with Gasteiger partial charge in [0.25, 0.3) is 0 Å². The summed E-state index contributed by atoms with van der Waals surface area (Å²) in [4.78, 5) is 36.4. The van der Waals surface area contributed by atoms with Crippen molar-refractivity contribution in [3.63, 3.8) is 0 Å². The summed E-state index contributed by atoms with van der Waals surface area (Å²) in [5, 5.41) is 0. The molecule has 0 aromatic carbocycles. The average Bonchev–Trinajstić information content (AvgIpc) is 2.56. The molecule has 0 saturated heterocycles. The van der Waals surface area contributed by atoms with Gasteiger partial charge in [-0.2, -0.15) is 0 Å². The molecule has 5 nitrogen and oxygen atoms in total. The standard InChI is InChI=1S/C19H26F4O5/c1-7-10-12(20)14(22)11(15(23)13(10)21)16(25)27-8-19(6,9(2)24)17(26)28-18(3,4)5/h7,10-15H,1,8H2,2-6H3. The Labute approximate surface area is 161 Å². The number of ketones is 1. The minimum absolute atomic E-state index is 0.717. The molecule has 5 atom stereocenters. The molecular formula is C19H26F4O5. The third kappa shape index (κ3) is 4.91. The van der Waals surface area contributed by atoms with Gasteiger partial charge >= 0.3 is 11.9 Å². The van der Waals surface area contributed by atoms with Crippen molar-refractivity contribution in [1.29, 1.82) is 0 Å². The van der Waals surface area contributed by atoms with E-state index in [0.717, 1.165) is 19.9 Å². The summed E-state index contributed by atoms with van der Waals surface area (Å²) in [5.41, 5.74) is -2.89. The van der Waals surface area contributed by atoms with Crippen LogP contribution < -0.4 is 0 Å². The van der Waals surface area contributed by atoms with E-state index in [1.807, 2.05) is 0 Å².